The predicted molar refractivity (Wildman–Crippen MR) is 137 cm³/mol. The van der Waals surface area contributed by atoms with Crippen LogP contribution in [0.5, 0.6) is 5.75 Å². The monoisotopic (exact) mass is 571 g/mol. The first kappa shape index (κ1) is 28.6. The predicted octanol–water partition coefficient (Wildman–Crippen LogP) is 4.60. The van der Waals surface area contributed by atoms with Gasteiger partial charge in [0.2, 0.25) is 0 Å². The van der Waals surface area contributed by atoms with Crippen LogP contribution < -0.4 is 21.0 Å². The summed E-state index contributed by atoms with van der Waals surface area (Å²) < 4.78 is 57.4. The molecule has 0 saturated heterocycles. The highest BCUT2D eigenvalue weighted by Gasteiger charge is 2.30. The van der Waals surface area contributed by atoms with E-state index in [2.05, 4.69) is 16.0 Å². The molecule has 4 rings (SSSR count). The van der Waals surface area contributed by atoms with Gasteiger partial charge in [0.05, 0.1) is 18.4 Å². The second kappa shape index (κ2) is 11.8. The van der Waals surface area contributed by atoms with Crippen molar-refractivity contribution in [1.29, 1.82) is 0 Å². The summed E-state index contributed by atoms with van der Waals surface area (Å²) in [4.78, 5) is 38.1. The highest BCUT2D eigenvalue weighted by molar-refractivity contribution is 6.00. The average Bonchev–Trinajstić information content (AvgIpc) is 3.28. The highest BCUT2D eigenvalue weighted by atomic mass is 19.4. The summed E-state index contributed by atoms with van der Waals surface area (Å²) in [6.45, 7) is 0. The molecule has 3 aromatic carbocycles. The van der Waals surface area contributed by atoms with Crippen molar-refractivity contribution >= 4 is 17.9 Å². The Kier molecular flexibility index (Phi) is 8.21. The van der Waals surface area contributed by atoms with E-state index in [9.17, 15) is 37.1 Å². The van der Waals surface area contributed by atoms with E-state index in [0.717, 1.165) is 12.1 Å². The minimum Gasteiger partial charge on any atom is -0.497 e. The Hall–Kier alpha value is -5.40. The third-order valence-electron chi connectivity index (χ3n) is 5.80. The van der Waals surface area contributed by atoms with Crippen LogP contribution in [0.25, 0.3) is 11.3 Å². The molecular weight excluding hydrogens is 550 g/mol. The van der Waals surface area contributed by atoms with Crippen molar-refractivity contribution in [1.82, 2.24) is 20.7 Å². The summed E-state index contributed by atoms with van der Waals surface area (Å²) in [5, 5.41) is 13.6. The minimum atomic E-state index is -4.60. The quantitative estimate of drug-likeness (QED) is 0.189. The normalized spacial score (nSPS) is 11.0. The summed E-state index contributed by atoms with van der Waals surface area (Å²) in [5.41, 5.74) is 6.11. The lowest BCUT2D eigenvalue weighted by Crippen LogP contribution is -2.43. The van der Waals surface area contributed by atoms with Gasteiger partial charge in [0.15, 0.2) is 5.69 Å². The Morgan fingerprint density at radius 2 is 1.61 bits per heavy atom. The molecule has 0 aliphatic heterocycles. The number of amides is 3. The second-order valence-electron chi connectivity index (χ2n) is 8.52. The van der Waals surface area contributed by atoms with E-state index in [1.54, 1.807) is 24.3 Å². The number of carbonyl (C=O) groups excluding carboxylic acids is 2. The minimum absolute atomic E-state index is 0.0286. The van der Waals surface area contributed by atoms with Crippen LogP contribution in [-0.2, 0) is 12.6 Å². The number of ether oxygens (including phenoxy) is 1. The van der Waals surface area contributed by atoms with Crippen LogP contribution >= 0.6 is 0 Å². The van der Waals surface area contributed by atoms with Crippen molar-refractivity contribution in [2.45, 2.75) is 12.6 Å². The Morgan fingerprint density at radius 3 is 2.22 bits per heavy atom. The van der Waals surface area contributed by atoms with Gasteiger partial charge < -0.3 is 9.84 Å². The summed E-state index contributed by atoms with van der Waals surface area (Å²) in [7, 11) is 1.47. The second-order valence-corrected chi connectivity index (χ2v) is 8.52. The van der Waals surface area contributed by atoms with Crippen molar-refractivity contribution in [2.75, 3.05) is 12.5 Å². The summed E-state index contributed by atoms with van der Waals surface area (Å²) in [5.74, 6) is -1.96. The van der Waals surface area contributed by atoms with Crippen LogP contribution in [0.3, 0.4) is 0 Å². The van der Waals surface area contributed by atoms with E-state index >= 15 is 0 Å². The number of benzene rings is 3. The Labute approximate surface area is 229 Å². The first-order chi connectivity index (χ1) is 19.5. The molecule has 4 N–H and O–H groups in total. The fourth-order valence-electron chi connectivity index (χ4n) is 3.90. The third kappa shape index (κ3) is 6.79. The number of methoxy groups -OCH3 is 1. The van der Waals surface area contributed by atoms with Gasteiger partial charge in [0, 0.05) is 23.1 Å². The molecule has 0 radical (unpaired) electrons. The third-order valence-corrected chi connectivity index (χ3v) is 5.80. The van der Waals surface area contributed by atoms with Crippen LogP contribution in [0.2, 0.25) is 0 Å². The molecule has 1 heterocycles. The molecule has 10 nitrogen and oxygen atoms in total. The van der Waals surface area contributed by atoms with Gasteiger partial charge >= 0.3 is 12.3 Å². The maximum absolute atomic E-state index is 13.6. The molecule has 0 bridgehead atoms. The summed E-state index contributed by atoms with van der Waals surface area (Å²) in [6, 6.07) is 15.2. The topological polar surface area (TPSA) is 135 Å². The van der Waals surface area contributed by atoms with Crippen molar-refractivity contribution in [3.63, 3.8) is 0 Å². The number of hydrogen-bond acceptors (Lipinski definition) is 5. The van der Waals surface area contributed by atoms with Gasteiger partial charge in [0.1, 0.15) is 11.6 Å². The van der Waals surface area contributed by atoms with E-state index in [1.807, 2.05) is 5.43 Å². The van der Waals surface area contributed by atoms with Gasteiger partial charge in [-0.1, -0.05) is 12.1 Å². The number of rotatable bonds is 7. The number of alkyl halides is 3. The van der Waals surface area contributed by atoms with Crippen molar-refractivity contribution in [3.05, 3.63) is 107 Å². The molecule has 1 aromatic heterocycles. The number of hydrazine groups is 1. The standard InChI is InChI=1S/C27H21F4N5O5/c1-41-20-4-2-3-15(13-20)14-21-22(16-7-11-19(28)12-8-16)34-36(35-26(39)40)23(21)25(38)33-32-24(37)17-5-9-18(10-6-17)27(29,30)31/h2-13,35H,14H2,1H3,(H,32,37)(H,33,38)(H,39,40). The first-order valence-electron chi connectivity index (χ1n) is 11.7. The van der Waals surface area contributed by atoms with Crippen LogP contribution in [0.15, 0.2) is 72.8 Å². The van der Waals surface area contributed by atoms with Crippen molar-refractivity contribution < 1.29 is 41.8 Å². The molecule has 0 spiro atoms. The molecule has 0 unspecified atom stereocenters. The van der Waals surface area contributed by atoms with Crippen molar-refractivity contribution in [2.24, 2.45) is 0 Å². The molecule has 0 atom stereocenters. The largest absolute Gasteiger partial charge is 0.497 e. The number of nitrogens with one attached hydrogen (secondary N) is 3. The molecule has 0 fully saturated rings. The van der Waals surface area contributed by atoms with E-state index < -0.39 is 35.5 Å². The lowest BCUT2D eigenvalue weighted by Gasteiger charge is -2.12. The molecular formula is C27H21F4N5O5. The fourth-order valence-corrected chi connectivity index (χ4v) is 3.90. The smallest absolute Gasteiger partial charge is 0.425 e. The first-order valence-corrected chi connectivity index (χ1v) is 11.7. The number of aromatic nitrogens is 2. The molecule has 4 aromatic rings. The molecule has 0 aliphatic rings. The molecule has 0 saturated carbocycles. The number of hydrogen-bond donors (Lipinski definition) is 4. The zero-order valence-corrected chi connectivity index (χ0v) is 21.1. The van der Waals surface area contributed by atoms with Crippen LogP contribution in [0.1, 0.15) is 37.5 Å². The lowest BCUT2D eigenvalue weighted by molar-refractivity contribution is -0.137. The van der Waals surface area contributed by atoms with E-state index in [4.69, 9.17) is 4.74 Å². The highest BCUT2D eigenvalue weighted by Crippen LogP contribution is 2.30. The number of halogens is 4. The van der Waals surface area contributed by atoms with Crippen LogP contribution in [0.4, 0.5) is 22.4 Å². The number of carbonyl (C=O) groups is 3. The zero-order valence-electron chi connectivity index (χ0n) is 21.1. The lowest BCUT2D eigenvalue weighted by atomic mass is 9.98. The van der Waals surface area contributed by atoms with Crippen LogP contribution in [0, 0.1) is 5.82 Å². The summed E-state index contributed by atoms with van der Waals surface area (Å²) >= 11 is 0. The van der Waals surface area contributed by atoms with E-state index in [1.165, 1.54) is 31.4 Å². The summed E-state index contributed by atoms with van der Waals surface area (Å²) in [6.07, 6.45) is -6.13. The van der Waals surface area contributed by atoms with Gasteiger partial charge in [-0.2, -0.15) is 23.1 Å². The number of nitrogens with zero attached hydrogens (tertiary/aromatic N) is 2. The maximum Gasteiger partial charge on any atom is 0.425 e. The number of carboxylic acid groups (broad SMARTS) is 1. The zero-order chi connectivity index (χ0) is 29.7. The van der Waals surface area contributed by atoms with Crippen LogP contribution in [-0.4, -0.2) is 40.0 Å². The van der Waals surface area contributed by atoms with Gasteiger partial charge in [0.25, 0.3) is 11.8 Å². The van der Waals surface area contributed by atoms with E-state index in [-0.39, 0.29) is 28.9 Å². The Morgan fingerprint density at radius 1 is 0.951 bits per heavy atom. The Bertz CT molecular complexity index is 1590. The van der Waals surface area contributed by atoms with Gasteiger partial charge in [-0.05, 0) is 66.2 Å². The van der Waals surface area contributed by atoms with Gasteiger partial charge in [-0.15, -0.1) is 0 Å². The van der Waals surface area contributed by atoms with Gasteiger partial charge in [-0.25, -0.2) is 14.6 Å². The van der Waals surface area contributed by atoms with Crippen molar-refractivity contribution in [3.8, 4) is 17.0 Å². The molecule has 3 amide bonds. The SMILES string of the molecule is COc1cccc(Cc2c(-c3ccc(F)cc3)nn(NC(=O)O)c2C(=O)NNC(=O)c2ccc(C(F)(F)F)cc2)c1. The molecule has 212 valence electrons. The van der Waals surface area contributed by atoms with Gasteiger partial charge in [-0.3, -0.25) is 20.4 Å². The van der Waals surface area contributed by atoms with E-state index in [0.29, 0.717) is 33.8 Å². The molecule has 14 heteroatoms. The maximum atomic E-state index is 13.6. The molecule has 41 heavy (non-hydrogen) atoms. The fraction of sp³-hybridized carbons (Fsp3) is 0.111. The average molecular weight is 571 g/mol. The molecule has 0 aliphatic carbocycles. The Balaban J connectivity index is 1.70.